The van der Waals surface area contributed by atoms with Crippen LogP contribution in [0.4, 0.5) is 8.78 Å². The fourth-order valence-electron chi connectivity index (χ4n) is 3.16. The normalized spacial score (nSPS) is 11.5. The van der Waals surface area contributed by atoms with Crippen molar-refractivity contribution in [1.29, 1.82) is 0 Å². The van der Waals surface area contributed by atoms with E-state index in [9.17, 15) is 8.78 Å². The van der Waals surface area contributed by atoms with Crippen molar-refractivity contribution in [2.24, 2.45) is 0 Å². The van der Waals surface area contributed by atoms with Crippen molar-refractivity contribution in [3.63, 3.8) is 0 Å². The summed E-state index contributed by atoms with van der Waals surface area (Å²) in [6.07, 6.45) is 2.22. The van der Waals surface area contributed by atoms with Gasteiger partial charge in [0.05, 0.1) is 12.8 Å². The molecule has 4 heteroatoms. The molecule has 3 rings (SSSR count). The molecular weight excluding hydrogens is 344 g/mol. The van der Waals surface area contributed by atoms with Crippen LogP contribution in [0.5, 0.6) is 5.75 Å². The van der Waals surface area contributed by atoms with E-state index in [2.05, 4.69) is 37.0 Å². The van der Waals surface area contributed by atoms with Gasteiger partial charge in [0.2, 0.25) is 0 Å². The summed E-state index contributed by atoms with van der Waals surface area (Å²) < 4.78 is 32.4. The molecular formula is C23H23F2NO. The highest BCUT2D eigenvalue weighted by Gasteiger charge is 2.24. The number of aryl methyl sites for hydroxylation is 2. The van der Waals surface area contributed by atoms with E-state index >= 15 is 0 Å². The van der Waals surface area contributed by atoms with Gasteiger partial charge in [0.15, 0.2) is 0 Å². The van der Waals surface area contributed by atoms with E-state index in [1.165, 1.54) is 23.4 Å². The van der Waals surface area contributed by atoms with E-state index in [-0.39, 0.29) is 5.56 Å². The number of hydrogen-bond acceptors (Lipinski definition) is 2. The zero-order valence-corrected chi connectivity index (χ0v) is 16.0. The van der Waals surface area contributed by atoms with Gasteiger partial charge in [0, 0.05) is 24.2 Å². The number of ether oxygens (including phenoxy) is 1. The van der Waals surface area contributed by atoms with Gasteiger partial charge in [-0.2, -0.15) is 0 Å². The summed E-state index contributed by atoms with van der Waals surface area (Å²) in [7, 11) is 1.59. The number of aromatic nitrogens is 1. The number of nitrogens with zero attached hydrogens (tertiary/aromatic N) is 1. The minimum absolute atomic E-state index is 0.104. The molecule has 0 saturated heterocycles. The molecule has 1 heterocycles. The van der Waals surface area contributed by atoms with Crippen molar-refractivity contribution in [3.05, 3.63) is 71.4 Å². The Morgan fingerprint density at radius 3 is 2.33 bits per heavy atom. The van der Waals surface area contributed by atoms with Crippen molar-refractivity contribution in [2.45, 2.75) is 33.1 Å². The third kappa shape index (κ3) is 4.00. The van der Waals surface area contributed by atoms with Gasteiger partial charge in [-0.1, -0.05) is 31.2 Å². The Labute approximate surface area is 158 Å². The van der Waals surface area contributed by atoms with Gasteiger partial charge >= 0.3 is 0 Å². The standard InChI is InChI=1S/C23H23F2NO/c1-5-16-6-9-19(15(2)12-16)17-7-11-22(27-4)20(13-17)21-10-8-18(14-26-21)23(3,24)25/h6-14H,5H2,1-4H3. The number of benzene rings is 2. The van der Waals surface area contributed by atoms with Crippen LogP contribution in [-0.4, -0.2) is 12.1 Å². The molecule has 1 aromatic heterocycles. The maximum atomic E-state index is 13.5. The topological polar surface area (TPSA) is 22.1 Å². The SMILES string of the molecule is CCc1ccc(-c2ccc(OC)c(-c3ccc(C(C)(F)F)cn3)c2)c(C)c1. The molecule has 140 valence electrons. The molecule has 0 atom stereocenters. The molecule has 0 bridgehead atoms. The maximum absolute atomic E-state index is 13.5. The molecule has 0 saturated carbocycles. The highest BCUT2D eigenvalue weighted by atomic mass is 19.3. The van der Waals surface area contributed by atoms with Gasteiger partial charge in [0.25, 0.3) is 5.92 Å². The van der Waals surface area contributed by atoms with Gasteiger partial charge < -0.3 is 4.74 Å². The third-order valence-electron chi connectivity index (χ3n) is 4.76. The second-order valence-corrected chi connectivity index (χ2v) is 6.74. The summed E-state index contributed by atoms with van der Waals surface area (Å²) >= 11 is 0. The molecule has 0 unspecified atom stereocenters. The molecule has 0 N–H and O–H groups in total. The Balaban J connectivity index is 2.07. The Morgan fingerprint density at radius 2 is 1.78 bits per heavy atom. The molecule has 0 aliphatic carbocycles. The van der Waals surface area contributed by atoms with Crippen molar-refractivity contribution >= 4 is 0 Å². The van der Waals surface area contributed by atoms with Crippen LogP contribution in [0.25, 0.3) is 22.4 Å². The van der Waals surface area contributed by atoms with Crippen LogP contribution in [0, 0.1) is 6.92 Å². The lowest BCUT2D eigenvalue weighted by molar-refractivity contribution is 0.0171. The number of hydrogen-bond donors (Lipinski definition) is 0. The fraction of sp³-hybridized carbons (Fsp3) is 0.261. The number of pyridine rings is 1. The van der Waals surface area contributed by atoms with Crippen LogP contribution in [0.3, 0.4) is 0 Å². The zero-order valence-electron chi connectivity index (χ0n) is 16.0. The minimum atomic E-state index is -2.91. The highest BCUT2D eigenvalue weighted by molar-refractivity contribution is 5.77. The van der Waals surface area contributed by atoms with E-state index in [4.69, 9.17) is 4.74 Å². The quantitative estimate of drug-likeness (QED) is 0.520. The number of halogens is 2. The summed E-state index contributed by atoms with van der Waals surface area (Å²) in [6.45, 7) is 5.09. The Hall–Kier alpha value is -2.75. The average molecular weight is 367 g/mol. The first kappa shape index (κ1) is 19.0. The zero-order chi connectivity index (χ0) is 19.6. The second-order valence-electron chi connectivity index (χ2n) is 6.74. The van der Waals surface area contributed by atoms with Crippen LogP contribution >= 0.6 is 0 Å². The molecule has 3 aromatic rings. The Kier molecular flexibility index (Phi) is 5.26. The summed E-state index contributed by atoms with van der Waals surface area (Å²) in [4.78, 5) is 4.25. The molecule has 0 spiro atoms. The van der Waals surface area contributed by atoms with Crippen LogP contribution in [0.2, 0.25) is 0 Å². The number of rotatable bonds is 5. The maximum Gasteiger partial charge on any atom is 0.272 e. The molecule has 2 nitrogen and oxygen atoms in total. The van der Waals surface area contributed by atoms with Gasteiger partial charge in [-0.25, -0.2) is 8.78 Å². The average Bonchev–Trinajstić information content (AvgIpc) is 2.67. The molecule has 27 heavy (non-hydrogen) atoms. The molecule has 0 amide bonds. The van der Waals surface area contributed by atoms with E-state index in [0.29, 0.717) is 11.4 Å². The first-order valence-electron chi connectivity index (χ1n) is 8.96. The summed E-state index contributed by atoms with van der Waals surface area (Å²) in [5.41, 5.74) is 5.93. The second kappa shape index (κ2) is 7.47. The van der Waals surface area contributed by atoms with Gasteiger partial charge in [0.1, 0.15) is 5.75 Å². The molecule has 0 fully saturated rings. The lowest BCUT2D eigenvalue weighted by Crippen LogP contribution is -2.07. The third-order valence-corrected chi connectivity index (χ3v) is 4.76. The van der Waals surface area contributed by atoms with Crippen LogP contribution < -0.4 is 4.74 Å². The van der Waals surface area contributed by atoms with E-state index < -0.39 is 5.92 Å². The minimum Gasteiger partial charge on any atom is -0.496 e. The first-order chi connectivity index (χ1) is 12.8. The van der Waals surface area contributed by atoms with Crippen molar-refractivity contribution in [2.75, 3.05) is 7.11 Å². The molecule has 0 radical (unpaired) electrons. The number of methoxy groups -OCH3 is 1. The monoisotopic (exact) mass is 367 g/mol. The predicted octanol–water partition coefficient (Wildman–Crippen LogP) is 6.41. The summed E-state index contributed by atoms with van der Waals surface area (Å²) in [5.74, 6) is -2.25. The van der Waals surface area contributed by atoms with Crippen molar-refractivity contribution in [1.82, 2.24) is 4.98 Å². The van der Waals surface area contributed by atoms with Crippen LogP contribution in [-0.2, 0) is 12.3 Å². The summed E-state index contributed by atoms with van der Waals surface area (Å²) in [5, 5.41) is 0. The summed E-state index contributed by atoms with van der Waals surface area (Å²) in [6, 6.07) is 15.4. The van der Waals surface area contributed by atoms with E-state index in [0.717, 1.165) is 30.0 Å². The molecule has 0 aliphatic heterocycles. The lowest BCUT2D eigenvalue weighted by atomic mass is 9.95. The highest BCUT2D eigenvalue weighted by Crippen LogP contribution is 2.35. The van der Waals surface area contributed by atoms with E-state index in [1.54, 1.807) is 13.2 Å². The van der Waals surface area contributed by atoms with Crippen LogP contribution in [0.15, 0.2) is 54.7 Å². The van der Waals surface area contributed by atoms with Gasteiger partial charge in [-0.05, 0) is 59.9 Å². The number of alkyl halides is 2. The Bertz CT molecular complexity index is 944. The fourth-order valence-corrected chi connectivity index (χ4v) is 3.16. The van der Waals surface area contributed by atoms with Gasteiger partial charge in [-0.15, -0.1) is 0 Å². The van der Waals surface area contributed by atoms with E-state index in [1.807, 2.05) is 18.2 Å². The van der Waals surface area contributed by atoms with Gasteiger partial charge in [-0.3, -0.25) is 4.98 Å². The Morgan fingerprint density at radius 1 is 1.00 bits per heavy atom. The van der Waals surface area contributed by atoms with Crippen molar-refractivity contribution in [3.8, 4) is 28.1 Å². The first-order valence-corrected chi connectivity index (χ1v) is 8.96. The predicted molar refractivity (Wildman–Crippen MR) is 105 cm³/mol. The van der Waals surface area contributed by atoms with Crippen molar-refractivity contribution < 1.29 is 13.5 Å². The molecule has 0 aliphatic rings. The lowest BCUT2D eigenvalue weighted by Gasteiger charge is -2.14. The van der Waals surface area contributed by atoms with Crippen LogP contribution in [0.1, 0.15) is 30.5 Å². The smallest absolute Gasteiger partial charge is 0.272 e. The molecule has 2 aromatic carbocycles. The largest absolute Gasteiger partial charge is 0.496 e.